The van der Waals surface area contributed by atoms with Gasteiger partial charge in [0.15, 0.2) is 5.82 Å². The van der Waals surface area contributed by atoms with E-state index in [0.29, 0.717) is 30.1 Å². The second-order valence-corrected chi connectivity index (χ2v) is 6.27. The number of nitrogens with zero attached hydrogens (tertiary/aromatic N) is 2. The molecule has 1 saturated heterocycles. The number of carbonyl (C=O) groups is 2. The molecule has 126 valence electrons. The Kier molecular flexibility index (Phi) is 4.38. The van der Waals surface area contributed by atoms with Crippen molar-refractivity contribution in [3.63, 3.8) is 0 Å². The van der Waals surface area contributed by atoms with E-state index in [2.05, 4.69) is 10.5 Å². The van der Waals surface area contributed by atoms with E-state index in [1.807, 2.05) is 32.0 Å². The topological polar surface area (TPSA) is 75.4 Å². The molecular formula is C18H21N3O3. The Morgan fingerprint density at radius 2 is 2.00 bits per heavy atom. The Morgan fingerprint density at radius 1 is 1.21 bits per heavy atom. The zero-order chi connectivity index (χ0) is 17.3. The molecule has 24 heavy (non-hydrogen) atoms. The van der Waals surface area contributed by atoms with Crippen LogP contribution in [0.2, 0.25) is 0 Å². The molecule has 1 aromatic heterocycles. The lowest BCUT2D eigenvalue weighted by molar-refractivity contribution is -0.119. The minimum Gasteiger partial charge on any atom is -0.360 e. The number of amides is 2. The Morgan fingerprint density at radius 3 is 2.67 bits per heavy atom. The predicted octanol–water partition coefficient (Wildman–Crippen LogP) is 2.84. The average molecular weight is 327 g/mol. The number of hydrogen-bond acceptors (Lipinski definition) is 4. The van der Waals surface area contributed by atoms with Crippen molar-refractivity contribution in [1.29, 1.82) is 0 Å². The van der Waals surface area contributed by atoms with Gasteiger partial charge in [-0.05, 0) is 56.9 Å². The highest BCUT2D eigenvalue weighted by Gasteiger charge is 2.34. The first-order chi connectivity index (χ1) is 11.5. The van der Waals surface area contributed by atoms with Gasteiger partial charge in [-0.2, -0.15) is 0 Å². The summed E-state index contributed by atoms with van der Waals surface area (Å²) in [4.78, 5) is 26.9. The van der Waals surface area contributed by atoms with Crippen molar-refractivity contribution >= 4 is 17.6 Å². The smallest absolute Gasteiger partial charge is 0.254 e. The van der Waals surface area contributed by atoms with Gasteiger partial charge < -0.3 is 14.7 Å². The first-order valence-corrected chi connectivity index (χ1v) is 8.08. The van der Waals surface area contributed by atoms with Crippen LogP contribution in [0.25, 0.3) is 0 Å². The van der Waals surface area contributed by atoms with Gasteiger partial charge in [0.2, 0.25) is 5.91 Å². The third-order valence-corrected chi connectivity index (χ3v) is 4.45. The lowest BCUT2D eigenvalue weighted by atomic mass is 10.1. The molecule has 0 aliphatic carbocycles. The monoisotopic (exact) mass is 327 g/mol. The summed E-state index contributed by atoms with van der Waals surface area (Å²) in [6.45, 7) is 6.33. The zero-order valence-electron chi connectivity index (χ0n) is 14.1. The summed E-state index contributed by atoms with van der Waals surface area (Å²) < 4.78 is 4.95. The maximum atomic E-state index is 12.8. The van der Waals surface area contributed by atoms with Gasteiger partial charge in [-0.15, -0.1) is 0 Å². The van der Waals surface area contributed by atoms with Crippen molar-refractivity contribution in [3.8, 4) is 0 Å². The Hall–Kier alpha value is -2.63. The average Bonchev–Trinajstić information content (AvgIpc) is 3.18. The predicted molar refractivity (Wildman–Crippen MR) is 89.8 cm³/mol. The first kappa shape index (κ1) is 16.2. The molecule has 1 aromatic carbocycles. The molecule has 1 aliphatic heterocycles. The van der Waals surface area contributed by atoms with Crippen molar-refractivity contribution in [3.05, 3.63) is 46.7 Å². The molecule has 2 aromatic rings. The molecule has 0 radical (unpaired) electrons. The van der Waals surface area contributed by atoms with Gasteiger partial charge in [0.1, 0.15) is 11.8 Å². The van der Waals surface area contributed by atoms with Crippen LogP contribution in [0, 0.1) is 20.8 Å². The molecule has 2 heterocycles. The summed E-state index contributed by atoms with van der Waals surface area (Å²) in [5.41, 5.74) is 2.83. The lowest BCUT2D eigenvalue weighted by Gasteiger charge is -2.24. The van der Waals surface area contributed by atoms with Crippen LogP contribution in [0.4, 0.5) is 5.82 Å². The van der Waals surface area contributed by atoms with Gasteiger partial charge in [-0.1, -0.05) is 11.2 Å². The first-order valence-electron chi connectivity index (χ1n) is 8.08. The second kappa shape index (κ2) is 6.47. The lowest BCUT2D eigenvalue weighted by Crippen LogP contribution is -2.43. The highest BCUT2D eigenvalue weighted by atomic mass is 16.5. The molecule has 1 aliphatic rings. The van der Waals surface area contributed by atoms with Crippen LogP contribution in [-0.4, -0.2) is 34.5 Å². The second-order valence-electron chi connectivity index (χ2n) is 6.27. The number of aryl methyl sites for hydroxylation is 3. The van der Waals surface area contributed by atoms with Crippen molar-refractivity contribution in [2.24, 2.45) is 0 Å². The Bertz CT molecular complexity index is 782. The largest absolute Gasteiger partial charge is 0.360 e. The summed E-state index contributed by atoms with van der Waals surface area (Å²) in [6, 6.07) is 6.81. The molecule has 3 rings (SSSR count). The highest BCUT2D eigenvalue weighted by molar-refractivity contribution is 6.01. The van der Waals surface area contributed by atoms with Crippen LogP contribution in [0.15, 0.2) is 28.8 Å². The molecule has 0 unspecified atom stereocenters. The minimum atomic E-state index is -0.476. The fourth-order valence-electron chi connectivity index (χ4n) is 2.96. The van der Waals surface area contributed by atoms with E-state index in [9.17, 15) is 9.59 Å². The Labute approximate surface area is 140 Å². The van der Waals surface area contributed by atoms with Crippen molar-refractivity contribution < 1.29 is 14.1 Å². The summed E-state index contributed by atoms with van der Waals surface area (Å²) in [5, 5.41) is 6.49. The van der Waals surface area contributed by atoms with Gasteiger partial charge >= 0.3 is 0 Å². The number of likely N-dealkylation sites (tertiary alicyclic amines) is 1. The molecule has 1 N–H and O–H groups in total. The van der Waals surface area contributed by atoms with Crippen molar-refractivity contribution in [2.45, 2.75) is 39.7 Å². The molecule has 0 bridgehead atoms. The highest BCUT2D eigenvalue weighted by Crippen LogP contribution is 2.22. The van der Waals surface area contributed by atoms with Crippen molar-refractivity contribution in [2.75, 3.05) is 11.9 Å². The number of benzene rings is 1. The van der Waals surface area contributed by atoms with Crippen molar-refractivity contribution in [1.82, 2.24) is 10.1 Å². The van der Waals surface area contributed by atoms with Gasteiger partial charge in [-0.3, -0.25) is 9.59 Å². The summed E-state index contributed by atoms with van der Waals surface area (Å²) in [6.07, 6.45) is 1.46. The quantitative estimate of drug-likeness (QED) is 0.940. The van der Waals surface area contributed by atoms with Crippen LogP contribution in [0.1, 0.15) is 40.1 Å². The normalized spacial score (nSPS) is 17.1. The third-order valence-electron chi connectivity index (χ3n) is 4.45. The van der Waals surface area contributed by atoms with E-state index in [0.717, 1.165) is 17.5 Å². The van der Waals surface area contributed by atoms with E-state index in [-0.39, 0.29) is 11.8 Å². The maximum absolute atomic E-state index is 12.8. The number of hydrogen-bond donors (Lipinski definition) is 1. The standard InChI is InChI=1S/C18H21N3O3/c1-11-6-7-14(9-12(11)2)18(23)21-8-4-5-15(21)17(22)19-16-10-13(3)24-20-16/h6-7,9-10,15H,4-5,8H2,1-3H3,(H,19,20,22)/t15-/m0/s1. The van der Waals surface area contributed by atoms with Crippen LogP contribution >= 0.6 is 0 Å². The molecule has 0 saturated carbocycles. The summed E-state index contributed by atoms with van der Waals surface area (Å²) in [5.74, 6) is 0.674. The van der Waals surface area contributed by atoms with Gasteiger partial charge in [0.05, 0.1) is 0 Å². The molecular weight excluding hydrogens is 306 g/mol. The van der Waals surface area contributed by atoms with E-state index < -0.39 is 6.04 Å². The molecule has 6 heteroatoms. The number of rotatable bonds is 3. The molecule has 0 spiro atoms. The Balaban J connectivity index is 1.75. The van der Waals surface area contributed by atoms with Gasteiger partial charge in [0.25, 0.3) is 5.91 Å². The van der Waals surface area contributed by atoms with Gasteiger partial charge in [0, 0.05) is 18.2 Å². The number of anilines is 1. The van der Waals surface area contributed by atoms with E-state index >= 15 is 0 Å². The van der Waals surface area contributed by atoms with Crippen LogP contribution in [0.5, 0.6) is 0 Å². The number of carbonyl (C=O) groups excluding carboxylic acids is 2. The van der Waals surface area contributed by atoms with E-state index in [4.69, 9.17) is 4.52 Å². The summed E-state index contributed by atoms with van der Waals surface area (Å²) in [7, 11) is 0. The fraction of sp³-hybridized carbons (Fsp3) is 0.389. The SMILES string of the molecule is Cc1cc(NC(=O)[C@@H]2CCCN2C(=O)c2ccc(C)c(C)c2)no1. The van der Waals surface area contributed by atoms with Gasteiger partial charge in [-0.25, -0.2) is 0 Å². The van der Waals surface area contributed by atoms with Crippen LogP contribution < -0.4 is 5.32 Å². The zero-order valence-corrected chi connectivity index (χ0v) is 14.1. The maximum Gasteiger partial charge on any atom is 0.254 e. The fourth-order valence-corrected chi connectivity index (χ4v) is 2.96. The summed E-state index contributed by atoms with van der Waals surface area (Å²) >= 11 is 0. The number of nitrogens with one attached hydrogen (secondary N) is 1. The van der Waals surface area contributed by atoms with E-state index in [1.165, 1.54) is 0 Å². The minimum absolute atomic E-state index is 0.105. The molecule has 6 nitrogen and oxygen atoms in total. The van der Waals surface area contributed by atoms with E-state index in [1.54, 1.807) is 17.9 Å². The third kappa shape index (κ3) is 3.18. The van der Waals surface area contributed by atoms with Crippen LogP contribution in [0.3, 0.4) is 0 Å². The molecule has 1 fully saturated rings. The number of aromatic nitrogens is 1. The molecule has 1 atom stereocenters. The molecule has 2 amide bonds. The van der Waals surface area contributed by atoms with Crippen LogP contribution in [-0.2, 0) is 4.79 Å².